The normalized spacial score (nSPS) is 23.9. The summed E-state index contributed by atoms with van der Waals surface area (Å²) in [5.41, 5.74) is 0.374. The van der Waals surface area contributed by atoms with Crippen molar-refractivity contribution in [2.45, 2.75) is 39.2 Å². The van der Waals surface area contributed by atoms with E-state index < -0.39 is 10.0 Å². The molecule has 3 heterocycles. The van der Waals surface area contributed by atoms with Crippen molar-refractivity contribution in [1.29, 1.82) is 0 Å². The number of likely N-dealkylation sites (tertiary alicyclic amines) is 1. The van der Waals surface area contributed by atoms with E-state index in [0.29, 0.717) is 18.5 Å². The molecule has 1 aromatic heterocycles. The van der Waals surface area contributed by atoms with Crippen LogP contribution in [0.25, 0.3) is 0 Å². The van der Waals surface area contributed by atoms with Gasteiger partial charge in [-0.25, -0.2) is 17.7 Å². The van der Waals surface area contributed by atoms with Crippen molar-refractivity contribution in [2.24, 2.45) is 5.41 Å². The first-order valence-electron chi connectivity index (χ1n) is 8.12. The van der Waals surface area contributed by atoms with Gasteiger partial charge in [0.15, 0.2) is 0 Å². The molecule has 3 rings (SSSR count). The maximum absolute atomic E-state index is 12.0. The maximum atomic E-state index is 12.0. The standard InChI is InChI=1S/C15H25N3O2S2/c1-2-22(19,20)18-10-5-15(6-11-18)3-8-17(9-4-15)13-14-16-7-12-21-14/h7,12H,2-6,8-11,13H2,1H3. The second-order valence-corrected chi connectivity index (χ2v) is 9.74. The quantitative estimate of drug-likeness (QED) is 0.841. The van der Waals surface area contributed by atoms with Gasteiger partial charge in [0.25, 0.3) is 0 Å². The molecule has 124 valence electrons. The van der Waals surface area contributed by atoms with Crippen LogP contribution in [0.2, 0.25) is 0 Å². The summed E-state index contributed by atoms with van der Waals surface area (Å²) in [6.07, 6.45) is 6.31. The number of hydrogen-bond donors (Lipinski definition) is 0. The fourth-order valence-corrected chi connectivity index (χ4v) is 5.39. The molecule has 7 heteroatoms. The summed E-state index contributed by atoms with van der Waals surface area (Å²) in [5.74, 6) is 0.224. The van der Waals surface area contributed by atoms with Gasteiger partial charge < -0.3 is 0 Å². The lowest BCUT2D eigenvalue weighted by Crippen LogP contribution is -2.48. The van der Waals surface area contributed by atoms with E-state index in [0.717, 1.165) is 32.5 Å². The second-order valence-electron chi connectivity index (χ2n) is 6.50. The molecule has 0 N–H and O–H groups in total. The van der Waals surface area contributed by atoms with Crippen LogP contribution in [0.1, 0.15) is 37.6 Å². The van der Waals surface area contributed by atoms with Gasteiger partial charge in [-0.05, 0) is 51.1 Å². The summed E-state index contributed by atoms with van der Waals surface area (Å²) in [4.78, 5) is 6.85. The van der Waals surface area contributed by atoms with E-state index in [9.17, 15) is 8.42 Å². The number of thiazole rings is 1. The molecule has 2 aliphatic rings. The van der Waals surface area contributed by atoms with Gasteiger partial charge in [-0.15, -0.1) is 11.3 Å². The van der Waals surface area contributed by atoms with Gasteiger partial charge in [0, 0.05) is 24.7 Å². The van der Waals surface area contributed by atoms with Crippen molar-refractivity contribution in [2.75, 3.05) is 31.9 Å². The first-order valence-corrected chi connectivity index (χ1v) is 10.6. The van der Waals surface area contributed by atoms with Crippen LogP contribution < -0.4 is 0 Å². The third-order valence-electron chi connectivity index (χ3n) is 5.30. The molecule has 2 saturated heterocycles. The molecule has 0 bridgehead atoms. The van der Waals surface area contributed by atoms with E-state index in [2.05, 4.69) is 9.88 Å². The molecule has 1 spiro atoms. The van der Waals surface area contributed by atoms with Crippen molar-refractivity contribution < 1.29 is 8.42 Å². The second kappa shape index (κ2) is 6.55. The third kappa shape index (κ3) is 3.53. The average molecular weight is 344 g/mol. The van der Waals surface area contributed by atoms with Crippen LogP contribution in [0.3, 0.4) is 0 Å². The minimum absolute atomic E-state index is 0.224. The number of nitrogens with zero attached hydrogens (tertiary/aromatic N) is 3. The van der Waals surface area contributed by atoms with Gasteiger partial charge in [-0.1, -0.05) is 0 Å². The van der Waals surface area contributed by atoms with Crippen molar-refractivity contribution >= 4 is 21.4 Å². The van der Waals surface area contributed by atoms with E-state index >= 15 is 0 Å². The van der Waals surface area contributed by atoms with Crippen LogP contribution in [-0.2, 0) is 16.6 Å². The van der Waals surface area contributed by atoms with Crippen LogP contribution in [0.4, 0.5) is 0 Å². The van der Waals surface area contributed by atoms with Crippen molar-refractivity contribution in [3.8, 4) is 0 Å². The Balaban J connectivity index is 1.51. The molecule has 0 aliphatic carbocycles. The fraction of sp³-hybridized carbons (Fsp3) is 0.800. The fourth-order valence-electron chi connectivity index (χ4n) is 3.63. The molecule has 1 aromatic rings. The minimum Gasteiger partial charge on any atom is -0.297 e. The molecular weight excluding hydrogens is 318 g/mol. The van der Waals surface area contributed by atoms with Crippen LogP contribution >= 0.6 is 11.3 Å². The highest BCUT2D eigenvalue weighted by atomic mass is 32.2. The molecule has 2 fully saturated rings. The summed E-state index contributed by atoms with van der Waals surface area (Å²) in [5, 5.41) is 3.23. The lowest BCUT2D eigenvalue weighted by atomic mass is 9.71. The summed E-state index contributed by atoms with van der Waals surface area (Å²) < 4.78 is 25.6. The Morgan fingerprint density at radius 1 is 1.18 bits per heavy atom. The summed E-state index contributed by atoms with van der Waals surface area (Å²) in [7, 11) is -3.01. The van der Waals surface area contributed by atoms with Gasteiger partial charge >= 0.3 is 0 Å². The summed E-state index contributed by atoms with van der Waals surface area (Å²) in [6.45, 7) is 6.34. The number of sulfonamides is 1. The Bertz CT molecular complexity index is 568. The highest BCUT2D eigenvalue weighted by Gasteiger charge is 2.39. The monoisotopic (exact) mass is 343 g/mol. The van der Waals surface area contributed by atoms with Gasteiger partial charge in [0.1, 0.15) is 5.01 Å². The van der Waals surface area contributed by atoms with Crippen molar-refractivity contribution in [3.63, 3.8) is 0 Å². The average Bonchev–Trinajstić information content (AvgIpc) is 3.03. The largest absolute Gasteiger partial charge is 0.297 e. The number of piperidine rings is 2. The van der Waals surface area contributed by atoms with Crippen LogP contribution in [0, 0.1) is 5.41 Å². The van der Waals surface area contributed by atoms with E-state index in [1.807, 2.05) is 11.6 Å². The molecule has 0 atom stereocenters. The van der Waals surface area contributed by atoms with Crippen LogP contribution in [0.5, 0.6) is 0 Å². The van der Waals surface area contributed by atoms with Gasteiger partial charge in [0.2, 0.25) is 10.0 Å². The molecule has 0 amide bonds. The molecule has 22 heavy (non-hydrogen) atoms. The molecule has 0 unspecified atom stereocenters. The Hall–Kier alpha value is -0.500. The van der Waals surface area contributed by atoms with Crippen LogP contribution in [-0.4, -0.2) is 54.5 Å². The molecule has 0 saturated carbocycles. The first kappa shape index (κ1) is 16.4. The summed E-state index contributed by atoms with van der Waals surface area (Å²) >= 11 is 1.72. The highest BCUT2D eigenvalue weighted by molar-refractivity contribution is 7.89. The maximum Gasteiger partial charge on any atom is 0.213 e. The zero-order valence-corrected chi connectivity index (χ0v) is 14.8. The molecule has 2 aliphatic heterocycles. The Labute approximate surface area is 137 Å². The Morgan fingerprint density at radius 2 is 1.82 bits per heavy atom. The van der Waals surface area contributed by atoms with E-state index in [-0.39, 0.29) is 5.75 Å². The molecule has 0 radical (unpaired) electrons. The topological polar surface area (TPSA) is 53.5 Å². The first-order chi connectivity index (χ1) is 10.5. The predicted molar refractivity (Wildman–Crippen MR) is 89.3 cm³/mol. The van der Waals surface area contributed by atoms with Gasteiger partial charge in [-0.3, -0.25) is 4.90 Å². The molecule has 0 aromatic carbocycles. The SMILES string of the molecule is CCS(=O)(=O)N1CCC2(CCN(Cc3nccs3)CC2)CC1. The third-order valence-corrected chi connectivity index (χ3v) is 7.95. The molecular formula is C15H25N3O2S2. The lowest BCUT2D eigenvalue weighted by Gasteiger charge is -2.46. The zero-order chi connectivity index (χ0) is 15.6. The Morgan fingerprint density at radius 3 is 2.36 bits per heavy atom. The van der Waals surface area contributed by atoms with Gasteiger partial charge in [0.05, 0.1) is 12.3 Å². The Kier molecular flexibility index (Phi) is 4.87. The van der Waals surface area contributed by atoms with E-state index in [1.165, 1.54) is 17.8 Å². The number of rotatable bonds is 4. The smallest absolute Gasteiger partial charge is 0.213 e. The predicted octanol–water partition coefficient (Wildman–Crippen LogP) is 2.17. The highest BCUT2D eigenvalue weighted by Crippen LogP contribution is 2.42. The minimum atomic E-state index is -3.01. The van der Waals surface area contributed by atoms with Crippen LogP contribution in [0.15, 0.2) is 11.6 Å². The van der Waals surface area contributed by atoms with Crippen molar-refractivity contribution in [1.82, 2.24) is 14.2 Å². The zero-order valence-electron chi connectivity index (χ0n) is 13.2. The van der Waals surface area contributed by atoms with E-state index in [1.54, 1.807) is 22.6 Å². The lowest BCUT2D eigenvalue weighted by molar-refractivity contribution is 0.0529. The van der Waals surface area contributed by atoms with E-state index in [4.69, 9.17) is 0 Å². The summed E-state index contributed by atoms with van der Waals surface area (Å²) in [6, 6.07) is 0. The molecule has 5 nitrogen and oxygen atoms in total. The van der Waals surface area contributed by atoms with Crippen molar-refractivity contribution in [3.05, 3.63) is 16.6 Å². The number of aromatic nitrogens is 1. The van der Waals surface area contributed by atoms with Gasteiger partial charge in [-0.2, -0.15) is 0 Å². The number of hydrogen-bond acceptors (Lipinski definition) is 5.